The molecule has 1 heterocycles. The Balaban J connectivity index is 1.42. The SMILES string of the molecule is COc1cccc(CNC(=O)CN2CCN(C(=O)c3ccccc3)CC2)c1. The molecule has 0 unspecified atom stereocenters. The lowest BCUT2D eigenvalue weighted by atomic mass is 10.2. The fourth-order valence-corrected chi connectivity index (χ4v) is 3.11. The summed E-state index contributed by atoms with van der Waals surface area (Å²) in [5.41, 5.74) is 1.71. The second-order valence-corrected chi connectivity index (χ2v) is 6.56. The van der Waals surface area contributed by atoms with Crippen molar-refractivity contribution in [2.75, 3.05) is 39.8 Å². The Labute approximate surface area is 159 Å². The Morgan fingerprint density at radius 1 is 1.00 bits per heavy atom. The van der Waals surface area contributed by atoms with Crippen molar-refractivity contribution < 1.29 is 14.3 Å². The van der Waals surface area contributed by atoms with Crippen LogP contribution in [-0.2, 0) is 11.3 Å². The summed E-state index contributed by atoms with van der Waals surface area (Å²) in [4.78, 5) is 28.6. The Kier molecular flexibility index (Phi) is 6.44. The lowest BCUT2D eigenvalue weighted by Gasteiger charge is -2.34. The van der Waals surface area contributed by atoms with Gasteiger partial charge in [-0.05, 0) is 29.8 Å². The molecule has 2 amide bonds. The highest BCUT2D eigenvalue weighted by Crippen LogP contribution is 2.12. The molecular weight excluding hydrogens is 342 g/mol. The molecule has 2 aromatic rings. The van der Waals surface area contributed by atoms with Gasteiger partial charge in [0.25, 0.3) is 5.91 Å². The normalized spacial score (nSPS) is 14.6. The maximum absolute atomic E-state index is 12.5. The molecule has 1 aliphatic heterocycles. The fraction of sp³-hybridized carbons (Fsp3) is 0.333. The number of hydrogen-bond acceptors (Lipinski definition) is 4. The first kappa shape index (κ1) is 18.9. The van der Waals surface area contributed by atoms with E-state index in [0.717, 1.165) is 11.3 Å². The Bertz CT molecular complexity index is 771. The molecule has 1 N–H and O–H groups in total. The number of rotatable bonds is 6. The molecule has 0 aromatic heterocycles. The van der Waals surface area contributed by atoms with E-state index in [0.29, 0.717) is 44.8 Å². The van der Waals surface area contributed by atoms with Crippen molar-refractivity contribution in [2.24, 2.45) is 0 Å². The third-order valence-corrected chi connectivity index (χ3v) is 4.67. The molecule has 6 heteroatoms. The van der Waals surface area contributed by atoms with Gasteiger partial charge in [-0.15, -0.1) is 0 Å². The van der Waals surface area contributed by atoms with Crippen LogP contribution in [0.5, 0.6) is 5.75 Å². The molecule has 6 nitrogen and oxygen atoms in total. The van der Waals surface area contributed by atoms with Gasteiger partial charge in [0, 0.05) is 38.3 Å². The molecule has 0 aliphatic carbocycles. The zero-order valence-corrected chi connectivity index (χ0v) is 15.6. The van der Waals surface area contributed by atoms with E-state index in [-0.39, 0.29) is 11.8 Å². The Hall–Kier alpha value is -2.86. The predicted molar refractivity (Wildman–Crippen MR) is 104 cm³/mol. The van der Waals surface area contributed by atoms with Crippen molar-refractivity contribution in [3.05, 3.63) is 65.7 Å². The molecule has 3 rings (SSSR count). The molecular formula is C21H25N3O3. The van der Waals surface area contributed by atoms with Crippen LogP contribution in [-0.4, -0.2) is 61.4 Å². The molecule has 0 saturated carbocycles. The third-order valence-electron chi connectivity index (χ3n) is 4.67. The van der Waals surface area contributed by atoms with Crippen LogP contribution in [0.1, 0.15) is 15.9 Å². The van der Waals surface area contributed by atoms with Crippen molar-refractivity contribution in [1.29, 1.82) is 0 Å². The summed E-state index contributed by atoms with van der Waals surface area (Å²) >= 11 is 0. The van der Waals surface area contributed by atoms with Gasteiger partial charge >= 0.3 is 0 Å². The lowest BCUT2D eigenvalue weighted by Crippen LogP contribution is -2.51. The maximum Gasteiger partial charge on any atom is 0.253 e. The van der Waals surface area contributed by atoms with Gasteiger partial charge < -0.3 is 15.0 Å². The molecule has 0 atom stereocenters. The summed E-state index contributed by atoms with van der Waals surface area (Å²) in [5.74, 6) is 0.819. The topological polar surface area (TPSA) is 61.9 Å². The second kappa shape index (κ2) is 9.19. The summed E-state index contributed by atoms with van der Waals surface area (Å²) in [7, 11) is 1.62. The van der Waals surface area contributed by atoms with Crippen molar-refractivity contribution in [3.8, 4) is 5.75 Å². The fourth-order valence-electron chi connectivity index (χ4n) is 3.11. The quantitative estimate of drug-likeness (QED) is 0.845. The number of carbonyl (C=O) groups excluding carboxylic acids is 2. The van der Waals surface area contributed by atoms with Crippen molar-refractivity contribution in [1.82, 2.24) is 15.1 Å². The van der Waals surface area contributed by atoms with Gasteiger partial charge in [-0.1, -0.05) is 30.3 Å². The first-order chi connectivity index (χ1) is 13.2. The second-order valence-electron chi connectivity index (χ2n) is 6.56. The molecule has 2 aromatic carbocycles. The van der Waals surface area contributed by atoms with Crippen LogP contribution in [0.15, 0.2) is 54.6 Å². The number of hydrogen-bond donors (Lipinski definition) is 1. The van der Waals surface area contributed by atoms with E-state index in [1.54, 1.807) is 7.11 Å². The van der Waals surface area contributed by atoms with E-state index in [9.17, 15) is 9.59 Å². The first-order valence-corrected chi connectivity index (χ1v) is 9.12. The van der Waals surface area contributed by atoms with Crippen LogP contribution < -0.4 is 10.1 Å². The minimum absolute atomic E-state index is 0.0133. The number of ether oxygens (including phenoxy) is 1. The summed E-state index contributed by atoms with van der Waals surface area (Å²) in [6, 6.07) is 17.0. The van der Waals surface area contributed by atoms with E-state index in [1.165, 1.54) is 0 Å². The van der Waals surface area contributed by atoms with Crippen LogP contribution in [0.2, 0.25) is 0 Å². The number of methoxy groups -OCH3 is 1. The summed E-state index contributed by atoms with van der Waals surface area (Å²) in [6.07, 6.45) is 0. The number of piperazine rings is 1. The maximum atomic E-state index is 12.5. The number of nitrogens with one attached hydrogen (secondary N) is 1. The van der Waals surface area contributed by atoms with E-state index >= 15 is 0 Å². The minimum atomic E-state index is -0.0133. The van der Waals surface area contributed by atoms with Crippen molar-refractivity contribution in [2.45, 2.75) is 6.54 Å². The molecule has 0 bridgehead atoms. The molecule has 1 saturated heterocycles. The monoisotopic (exact) mass is 367 g/mol. The summed E-state index contributed by atoms with van der Waals surface area (Å²) in [5, 5.41) is 2.94. The van der Waals surface area contributed by atoms with Gasteiger partial charge in [0.2, 0.25) is 5.91 Å². The predicted octanol–water partition coefficient (Wildman–Crippen LogP) is 1.77. The van der Waals surface area contributed by atoms with Crippen LogP contribution >= 0.6 is 0 Å². The van der Waals surface area contributed by atoms with Crippen molar-refractivity contribution in [3.63, 3.8) is 0 Å². The largest absolute Gasteiger partial charge is 0.497 e. The summed E-state index contributed by atoms with van der Waals surface area (Å²) < 4.78 is 5.19. The highest BCUT2D eigenvalue weighted by molar-refractivity contribution is 5.94. The van der Waals surface area contributed by atoms with Gasteiger partial charge in [-0.25, -0.2) is 0 Å². The van der Waals surface area contributed by atoms with Gasteiger partial charge in [-0.2, -0.15) is 0 Å². The molecule has 27 heavy (non-hydrogen) atoms. The van der Waals surface area contributed by atoms with Gasteiger partial charge in [0.05, 0.1) is 13.7 Å². The number of carbonyl (C=O) groups is 2. The lowest BCUT2D eigenvalue weighted by molar-refractivity contribution is -0.122. The zero-order chi connectivity index (χ0) is 19.1. The van der Waals surface area contributed by atoms with Crippen molar-refractivity contribution >= 4 is 11.8 Å². The Morgan fingerprint density at radius 3 is 2.44 bits per heavy atom. The average molecular weight is 367 g/mol. The van der Waals surface area contributed by atoms with Gasteiger partial charge in [0.15, 0.2) is 0 Å². The van der Waals surface area contributed by atoms with Crippen LogP contribution in [0.4, 0.5) is 0 Å². The smallest absolute Gasteiger partial charge is 0.253 e. The number of nitrogens with zero attached hydrogens (tertiary/aromatic N) is 2. The number of benzene rings is 2. The summed E-state index contributed by atoms with van der Waals surface area (Å²) in [6.45, 7) is 3.49. The van der Waals surface area contributed by atoms with Gasteiger partial charge in [0.1, 0.15) is 5.75 Å². The average Bonchev–Trinajstić information content (AvgIpc) is 2.73. The highest BCUT2D eigenvalue weighted by atomic mass is 16.5. The Morgan fingerprint density at radius 2 is 1.74 bits per heavy atom. The first-order valence-electron chi connectivity index (χ1n) is 9.12. The van der Waals surface area contributed by atoms with E-state index in [2.05, 4.69) is 10.2 Å². The molecule has 1 aliphatic rings. The van der Waals surface area contributed by atoms with Crippen LogP contribution in [0.3, 0.4) is 0 Å². The molecule has 1 fully saturated rings. The van der Waals surface area contributed by atoms with E-state index in [4.69, 9.17) is 4.74 Å². The number of amides is 2. The molecule has 0 spiro atoms. The molecule has 0 radical (unpaired) electrons. The van der Waals surface area contributed by atoms with Crippen LogP contribution in [0.25, 0.3) is 0 Å². The third kappa shape index (κ3) is 5.31. The zero-order valence-electron chi connectivity index (χ0n) is 15.6. The minimum Gasteiger partial charge on any atom is -0.497 e. The van der Waals surface area contributed by atoms with E-state index < -0.39 is 0 Å². The van der Waals surface area contributed by atoms with Gasteiger partial charge in [-0.3, -0.25) is 14.5 Å². The van der Waals surface area contributed by atoms with Crippen LogP contribution in [0, 0.1) is 0 Å². The van der Waals surface area contributed by atoms with E-state index in [1.807, 2.05) is 59.5 Å². The standard InChI is InChI=1S/C21H25N3O3/c1-27-19-9-5-6-17(14-19)15-22-20(25)16-23-10-12-24(13-11-23)21(26)18-7-3-2-4-8-18/h2-9,14H,10-13,15-16H2,1H3,(H,22,25). The highest BCUT2D eigenvalue weighted by Gasteiger charge is 2.23. The molecule has 142 valence electrons.